The molecule has 1 aromatic rings. The third-order valence-corrected chi connectivity index (χ3v) is 2.62. The summed E-state index contributed by atoms with van der Waals surface area (Å²) in [4.78, 5) is 2.33. The highest BCUT2D eigenvalue weighted by molar-refractivity contribution is 7.09. The number of nitrogen functional groups attached to an aromatic ring is 1. The second-order valence-corrected chi connectivity index (χ2v) is 4.59. The minimum Gasteiger partial charge on any atom is -0.388 e. The zero-order valence-electron chi connectivity index (χ0n) is 9.03. The number of nitrogens with two attached hydrogens (primary N) is 1. The van der Waals surface area contributed by atoms with E-state index in [4.69, 9.17) is 5.73 Å². The van der Waals surface area contributed by atoms with E-state index in [9.17, 15) is 0 Å². The van der Waals surface area contributed by atoms with Crippen molar-refractivity contribution in [1.82, 2.24) is 14.5 Å². The number of hydrogen-bond donors (Lipinski definition) is 1. The van der Waals surface area contributed by atoms with Gasteiger partial charge in [0, 0.05) is 24.6 Å². The SMILES string of the molecule is CCN(Cc1nnsc1N)CC(C)C. The van der Waals surface area contributed by atoms with E-state index in [1.54, 1.807) is 0 Å². The Hall–Kier alpha value is -0.680. The van der Waals surface area contributed by atoms with E-state index in [0.29, 0.717) is 5.92 Å². The van der Waals surface area contributed by atoms with Crippen LogP contribution in [0.15, 0.2) is 0 Å². The summed E-state index contributed by atoms with van der Waals surface area (Å²) in [6.07, 6.45) is 0. The number of hydrogen-bond acceptors (Lipinski definition) is 5. The maximum atomic E-state index is 5.74. The van der Waals surface area contributed by atoms with Gasteiger partial charge in [-0.25, -0.2) is 0 Å². The lowest BCUT2D eigenvalue weighted by Crippen LogP contribution is -2.27. The normalized spacial score (nSPS) is 11.5. The minimum atomic E-state index is 0.669. The van der Waals surface area contributed by atoms with Crippen molar-refractivity contribution in [1.29, 1.82) is 0 Å². The highest BCUT2D eigenvalue weighted by atomic mass is 32.1. The fraction of sp³-hybridized carbons (Fsp3) is 0.778. The van der Waals surface area contributed by atoms with Crippen LogP contribution in [0.25, 0.3) is 0 Å². The fourth-order valence-electron chi connectivity index (χ4n) is 1.36. The Balaban J connectivity index is 2.52. The summed E-state index contributed by atoms with van der Waals surface area (Å²) in [7, 11) is 0. The Kier molecular flexibility index (Phi) is 4.28. The highest BCUT2D eigenvalue weighted by Gasteiger charge is 2.10. The molecular weight excluding hydrogens is 196 g/mol. The first-order valence-electron chi connectivity index (χ1n) is 4.92. The molecule has 4 nitrogen and oxygen atoms in total. The van der Waals surface area contributed by atoms with E-state index in [2.05, 4.69) is 35.3 Å². The van der Waals surface area contributed by atoms with Gasteiger partial charge >= 0.3 is 0 Å². The lowest BCUT2D eigenvalue weighted by atomic mass is 10.2. The molecule has 0 unspecified atom stereocenters. The number of anilines is 1. The molecule has 0 saturated heterocycles. The lowest BCUT2D eigenvalue weighted by molar-refractivity contribution is 0.246. The van der Waals surface area contributed by atoms with Crippen molar-refractivity contribution < 1.29 is 0 Å². The van der Waals surface area contributed by atoms with Crippen LogP contribution in [0, 0.1) is 5.92 Å². The molecule has 0 radical (unpaired) electrons. The van der Waals surface area contributed by atoms with Crippen LogP contribution in [0.1, 0.15) is 26.5 Å². The molecule has 0 fully saturated rings. The first-order chi connectivity index (χ1) is 6.63. The molecule has 0 saturated carbocycles. The molecule has 80 valence electrons. The van der Waals surface area contributed by atoms with Crippen LogP contribution in [0.2, 0.25) is 0 Å². The van der Waals surface area contributed by atoms with Crippen LogP contribution >= 0.6 is 11.5 Å². The zero-order chi connectivity index (χ0) is 10.6. The molecule has 0 atom stereocenters. The van der Waals surface area contributed by atoms with E-state index >= 15 is 0 Å². The Labute approximate surface area is 89.3 Å². The van der Waals surface area contributed by atoms with Gasteiger partial charge in [0.2, 0.25) is 0 Å². The molecule has 14 heavy (non-hydrogen) atoms. The van der Waals surface area contributed by atoms with Gasteiger partial charge in [0.25, 0.3) is 0 Å². The summed E-state index contributed by atoms with van der Waals surface area (Å²) in [6, 6.07) is 0. The van der Waals surface area contributed by atoms with Crippen LogP contribution in [-0.4, -0.2) is 27.6 Å². The molecule has 1 heterocycles. The van der Waals surface area contributed by atoms with Crippen LogP contribution in [0.3, 0.4) is 0 Å². The summed E-state index contributed by atoms with van der Waals surface area (Å²) in [5, 5.41) is 4.76. The van der Waals surface area contributed by atoms with Crippen molar-refractivity contribution in [2.45, 2.75) is 27.3 Å². The topological polar surface area (TPSA) is 55.0 Å². The van der Waals surface area contributed by atoms with E-state index < -0.39 is 0 Å². The average Bonchev–Trinajstić information content (AvgIpc) is 2.50. The van der Waals surface area contributed by atoms with Crippen molar-refractivity contribution in [2.75, 3.05) is 18.8 Å². The monoisotopic (exact) mass is 214 g/mol. The second-order valence-electron chi connectivity index (χ2n) is 3.81. The third-order valence-electron chi connectivity index (χ3n) is 2.03. The first kappa shape index (κ1) is 11.4. The molecule has 2 N–H and O–H groups in total. The summed E-state index contributed by atoms with van der Waals surface area (Å²) in [6.45, 7) is 9.49. The molecule has 1 aromatic heterocycles. The van der Waals surface area contributed by atoms with Crippen LogP contribution in [0.4, 0.5) is 5.00 Å². The van der Waals surface area contributed by atoms with Gasteiger partial charge in [-0.05, 0) is 12.5 Å². The van der Waals surface area contributed by atoms with E-state index in [1.165, 1.54) is 11.5 Å². The molecule has 0 bridgehead atoms. The summed E-state index contributed by atoms with van der Waals surface area (Å²) in [5.74, 6) is 0.669. The van der Waals surface area contributed by atoms with E-state index in [0.717, 1.165) is 30.3 Å². The van der Waals surface area contributed by atoms with Gasteiger partial charge in [-0.15, -0.1) is 5.10 Å². The van der Waals surface area contributed by atoms with Crippen molar-refractivity contribution >= 4 is 16.5 Å². The molecular formula is C9H18N4S. The van der Waals surface area contributed by atoms with Gasteiger partial charge in [-0.3, -0.25) is 4.90 Å². The number of rotatable bonds is 5. The Morgan fingerprint density at radius 3 is 2.64 bits per heavy atom. The third kappa shape index (κ3) is 3.23. The zero-order valence-corrected chi connectivity index (χ0v) is 9.84. The quantitative estimate of drug-likeness (QED) is 0.809. The first-order valence-corrected chi connectivity index (χ1v) is 5.69. The molecule has 0 aromatic carbocycles. The maximum Gasteiger partial charge on any atom is 0.132 e. The molecule has 0 aliphatic rings. The van der Waals surface area contributed by atoms with Gasteiger partial charge in [0.05, 0.1) is 0 Å². The molecule has 1 rings (SSSR count). The van der Waals surface area contributed by atoms with Crippen molar-refractivity contribution in [3.63, 3.8) is 0 Å². The van der Waals surface area contributed by atoms with Gasteiger partial charge in [-0.1, -0.05) is 25.3 Å². The predicted molar refractivity (Wildman–Crippen MR) is 60.1 cm³/mol. The molecule has 0 aliphatic carbocycles. The van der Waals surface area contributed by atoms with Gasteiger partial charge < -0.3 is 5.73 Å². The Morgan fingerprint density at radius 2 is 2.21 bits per heavy atom. The second kappa shape index (κ2) is 5.26. The predicted octanol–water partition coefficient (Wildman–Crippen LogP) is 1.60. The Bertz CT molecular complexity index is 272. The average molecular weight is 214 g/mol. The Morgan fingerprint density at radius 1 is 1.50 bits per heavy atom. The number of nitrogens with zero attached hydrogens (tertiary/aromatic N) is 3. The van der Waals surface area contributed by atoms with Gasteiger partial charge in [0.15, 0.2) is 0 Å². The van der Waals surface area contributed by atoms with Gasteiger partial charge in [-0.2, -0.15) is 0 Å². The molecule has 0 aliphatic heterocycles. The molecule has 0 spiro atoms. The standard InChI is InChI=1S/C9H18N4S/c1-4-13(5-7(2)3)6-8-9(10)14-12-11-8/h7H,4-6,10H2,1-3H3. The summed E-state index contributed by atoms with van der Waals surface area (Å²) in [5.41, 5.74) is 6.66. The maximum absolute atomic E-state index is 5.74. The summed E-state index contributed by atoms with van der Waals surface area (Å²) >= 11 is 1.27. The summed E-state index contributed by atoms with van der Waals surface area (Å²) < 4.78 is 3.83. The minimum absolute atomic E-state index is 0.669. The van der Waals surface area contributed by atoms with Crippen molar-refractivity contribution in [3.8, 4) is 0 Å². The fourth-order valence-corrected chi connectivity index (χ4v) is 1.80. The van der Waals surface area contributed by atoms with Crippen LogP contribution in [0.5, 0.6) is 0 Å². The smallest absolute Gasteiger partial charge is 0.132 e. The van der Waals surface area contributed by atoms with Crippen LogP contribution in [-0.2, 0) is 6.54 Å². The molecule has 0 amide bonds. The van der Waals surface area contributed by atoms with Crippen molar-refractivity contribution in [3.05, 3.63) is 5.69 Å². The van der Waals surface area contributed by atoms with Crippen LogP contribution < -0.4 is 5.73 Å². The van der Waals surface area contributed by atoms with Gasteiger partial charge in [0.1, 0.15) is 10.7 Å². The van der Waals surface area contributed by atoms with E-state index in [-0.39, 0.29) is 0 Å². The highest BCUT2D eigenvalue weighted by Crippen LogP contribution is 2.15. The van der Waals surface area contributed by atoms with E-state index in [1.807, 2.05) is 0 Å². The number of aromatic nitrogens is 2. The largest absolute Gasteiger partial charge is 0.388 e. The molecule has 5 heteroatoms. The lowest BCUT2D eigenvalue weighted by Gasteiger charge is -2.21. The van der Waals surface area contributed by atoms with Crippen molar-refractivity contribution in [2.24, 2.45) is 5.92 Å².